The molecule has 1 fully saturated rings. The Morgan fingerprint density at radius 3 is 2.67 bits per heavy atom. The van der Waals surface area contributed by atoms with E-state index in [1.165, 1.54) is 12.8 Å². The van der Waals surface area contributed by atoms with Gasteiger partial charge in [-0.15, -0.1) is 5.10 Å². The Morgan fingerprint density at radius 2 is 1.83 bits per heavy atom. The number of aromatic nitrogens is 5. The summed E-state index contributed by atoms with van der Waals surface area (Å²) in [6.07, 6.45) is 6.39. The molecule has 1 saturated carbocycles. The van der Waals surface area contributed by atoms with Crippen molar-refractivity contribution in [2.24, 2.45) is 0 Å². The van der Waals surface area contributed by atoms with E-state index in [2.05, 4.69) is 30.9 Å². The Kier molecular flexibility index (Phi) is 4.08. The first-order valence-corrected chi connectivity index (χ1v) is 8.41. The van der Waals surface area contributed by atoms with Gasteiger partial charge in [0.1, 0.15) is 5.52 Å². The van der Waals surface area contributed by atoms with E-state index in [-0.39, 0.29) is 0 Å². The van der Waals surface area contributed by atoms with E-state index < -0.39 is 0 Å². The van der Waals surface area contributed by atoms with Gasteiger partial charge in [-0.05, 0) is 44.9 Å². The molecule has 7 nitrogen and oxygen atoms in total. The molecule has 0 bridgehead atoms. The number of rotatable bonds is 4. The van der Waals surface area contributed by atoms with Gasteiger partial charge in [0.05, 0.1) is 5.52 Å². The summed E-state index contributed by atoms with van der Waals surface area (Å²) < 4.78 is 1.75. The van der Waals surface area contributed by atoms with Crippen LogP contribution in [0.3, 0.4) is 0 Å². The first-order chi connectivity index (χ1) is 11.8. The topological polar surface area (TPSA) is 80.5 Å². The summed E-state index contributed by atoms with van der Waals surface area (Å²) in [5.74, 6) is 1.38. The highest BCUT2D eigenvalue weighted by atomic mass is 15.4. The second-order valence-corrected chi connectivity index (χ2v) is 6.21. The third-order valence-electron chi connectivity index (χ3n) is 4.68. The van der Waals surface area contributed by atoms with Crippen LogP contribution in [0.4, 0.5) is 5.95 Å². The number of fused-ring (bicyclic) bond motifs is 1. The maximum absolute atomic E-state index is 4.62. The lowest BCUT2D eigenvalue weighted by atomic mass is 9.91. The van der Waals surface area contributed by atoms with E-state index >= 15 is 0 Å². The largest absolute Gasteiger partial charge is 0.351 e. The SMILES string of the molecule is CN[C@H]1CC[C@H](Nc2nccc(-n3nnc4ccccc43)n2)CC1. The van der Waals surface area contributed by atoms with E-state index in [0.29, 0.717) is 18.0 Å². The van der Waals surface area contributed by atoms with Gasteiger partial charge in [-0.2, -0.15) is 9.67 Å². The minimum Gasteiger partial charge on any atom is -0.351 e. The van der Waals surface area contributed by atoms with Gasteiger partial charge >= 0.3 is 0 Å². The molecule has 0 radical (unpaired) electrons. The zero-order chi connectivity index (χ0) is 16.4. The van der Waals surface area contributed by atoms with E-state index in [9.17, 15) is 0 Å². The predicted molar refractivity (Wildman–Crippen MR) is 93.2 cm³/mol. The highest BCUT2D eigenvalue weighted by Crippen LogP contribution is 2.21. The van der Waals surface area contributed by atoms with Gasteiger partial charge in [-0.1, -0.05) is 17.3 Å². The smallest absolute Gasteiger partial charge is 0.224 e. The molecule has 2 N–H and O–H groups in total. The molecule has 0 atom stereocenters. The van der Waals surface area contributed by atoms with Crippen molar-refractivity contribution in [2.45, 2.75) is 37.8 Å². The molecule has 1 aromatic carbocycles. The Bertz CT molecular complexity index is 820. The third kappa shape index (κ3) is 2.94. The van der Waals surface area contributed by atoms with Crippen molar-refractivity contribution in [1.29, 1.82) is 0 Å². The van der Waals surface area contributed by atoms with Crippen molar-refractivity contribution in [3.63, 3.8) is 0 Å². The first kappa shape index (κ1) is 15.0. The molecule has 0 saturated heterocycles. The van der Waals surface area contributed by atoms with E-state index in [4.69, 9.17) is 0 Å². The second kappa shape index (κ2) is 6.52. The van der Waals surface area contributed by atoms with Crippen LogP contribution < -0.4 is 10.6 Å². The predicted octanol–water partition coefficient (Wildman–Crippen LogP) is 2.15. The summed E-state index contributed by atoms with van der Waals surface area (Å²) in [5, 5.41) is 15.2. The number of benzene rings is 1. The molecular weight excluding hydrogens is 302 g/mol. The number of para-hydroxylation sites is 1. The molecule has 2 heterocycles. The lowest BCUT2D eigenvalue weighted by molar-refractivity contribution is 0.370. The molecule has 2 aromatic heterocycles. The lowest BCUT2D eigenvalue weighted by Gasteiger charge is -2.28. The van der Waals surface area contributed by atoms with Gasteiger partial charge in [0.25, 0.3) is 0 Å². The molecule has 124 valence electrons. The second-order valence-electron chi connectivity index (χ2n) is 6.21. The molecule has 1 aliphatic carbocycles. The van der Waals surface area contributed by atoms with Crippen LogP contribution in [-0.4, -0.2) is 44.1 Å². The highest BCUT2D eigenvalue weighted by molar-refractivity contribution is 5.75. The molecule has 3 aromatic rings. The minimum atomic E-state index is 0.428. The van der Waals surface area contributed by atoms with Crippen molar-refractivity contribution >= 4 is 17.0 Å². The van der Waals surface area contributed by atoms with Crippen LogP contribution in [0.5, 0.6) is 0 Å². The highest BCUT2D eigenvalue weighted by Gasteiger charge is 2.20. The number of nitrogens with one attached hydrogen (secondary N) is 2. The number of hydrogen-bond acceptors (Lipinski definition) is 6. The minimum absolute atomic E-state index is 0.428. The van der Waals surface area contributed by atoms with Crippen LogP contribution in [0, 0.1) is 0 Å². The molecular formula is C17H21N7. The number of hydrogen-bond donors (Lipinski definition) is 2. The molecule has 7 heteroatoms. The van der Waals surface area contributed by atoms with Crippen molar-refractivity contribution < 1.29 is 0 Å². The van der Waals surface area contributed by atoms with Crippen molar-refractivity contribution in [1.82, 2.24) is 30.3 Å². The first-order valence-electron chi connectivity index (χ1n) is 8.41. The molecule has 0 aliphatic heterocycles. The monoisotopic (exact) mass is 323 g/mol. The van der Waals surface area contributed by atoms with Crippen molar-refractivity contribution in [3.05, 3.63) is 36.5 Å². The van der Waals surface area contributed by atoms with E-state index in [1.807, 2.05) is 37.4 Å². The molecule has 24 heavy (non-hydrogen) atoms. The van der Waals surface area contributed by atoms with Gasteiger partial charge in [0.15, 0.2) is 5.82 Å². The number of nitrogens with zero attached hydrogens (tertiary/aromatic N) is 5. The van der Waals surface area contributed by atoms with Crippen LogP contribution in [0.15, 0.2) is 36.5 Å². The number of anilines is 1. The van der Waals surface area contributed by atoms with Crippen LogP contribution in [0.1, 0.15) is 25.7 Å². The Morgan fingerprint density at radius 1 is 1.04 bits per heavy atom. The van der Waals surface area contributed by atoms with E-state index in [1.54, 1.807) is 10.9 Å². The molecule has 0 amide bonds. The average Bonchev–Trinajstić information content (AvgIpc) is 3.07. The summed E-state index contributed by atoms with van der Waals surface area (Å²) in [6.45, 7) is 0. The maximum Gasteiger partial charge on any atom is 0.224 e. The maximum atomic E-state index is 4.62. The Balaban J connectivity index is 1.54. The molecule has 0 unspecified atom stereocenters. The summed E-state index contributed by atoms with van der Waals surface area (Å²) in [7, 11) is 2.04. The molecule has 4 rings (SSSR count). The van der Waals surface area contributed by atoms with Crippen molar-refractivity contribution in [3.8, 4) is 5.82 Å². The standard InChI is InChI=1S/C17H21N7/c1-18-12-6-8-13(9-7-12)20-17-19-11-10-16(21-17)24-15-5-3-2-4-14(15)22-23-24/h2-5,10-13,18H,6-9H2,1H3,(H,19,20,21)/t12-,13-. The van der Waals surface area contributed by atoms with Gasteiger partial charge in [0.2, 0.25) is 5.95 Å². The summed E-state index contributed by atoms with van der Waals surface area (Å²) >= 11 is 0. The quantitative estimate of drug-likeness (QED) is 0.766. The summed E-state index contributed by atoms with van der Waals surface area (Å²) in [5.41, 5.74) is 1.80. The average molecular weight is 323 g/mol. The van der Waals surface area contributed by atoms with Crippen molar-refractivity contribution in [2.75, 3.05) is 12.4 Å². The van der Waals surface area contributed by atoms with Gasteiger partial charge in [-0.3, -0.25) is 0 Å². The third-order valence-corrected chi connectivity index (χ3v) is 4.68. The van der Waals surface area contributed by atoms with E-state index in [0.717, 1.165) is 29.7 Å². The fourth-order valence-corrected chi connectivity index (χ4v) is 3.28. The zero-order valence-corrected chi connectivity index (χ0v) is 13.7. The summed E-state index contributed by atoms with van der Waals surface area (Å²) in [4.78, 5) is 8.98. The lowest BCUT2D eigenvalue weighted by Crippen LogP contribution is -2.35. The van der Waals surface area contributed by atoms with Crippen LogP contribution in [-0.2, 0) is 0 Å². The summed E-state index contributed by atoms with van der Waals surface area (Å²) in [6, 6.07) is 10.8. The van der Waals surface area contributed by atoms with Gasteiger partial charge < -0.3 is 10.6 Å². The Labute approximate surface area is 140 Å². The van der Waals surface area contributed by atoms with Gasteiger partial charge in [0, 0.05) is 24.3 Å². The van der Waals surface area contributed by atoms with Crippen LogP contribution in [0.2, 0.25) is 0 Å². The fourth-order valence-electron chi connectivity index (χ4n) is 3.28. The fraction of sp³-hybridized carbons (Fsp3) is 0.412. The van der Waals surface area contributed by atoms with Crippen LogP contribution >= 0.6 is 0 Å². The molecule has 1 aliphatic rings. The van der Waals surface area contributed by atoms with Gasteiger partial charge in [-0.25, -0.2) is 4.98 Å². The van der Waals surface area contributed by atoms with Crippen LogP contribution in [0.25, 0.3) is 16.9 Å². The normalized spacial score (nSPS) is 21.0. The Hall–Kier alpha value is -2.54. The molecule has 0 spiro atoms. The zero-order valence-electron chi connectivity index (χ0n) is 13.7.